The number of piperidine rings is 1. The number of likely N-dealkylation sites (tertiary alicyclic amines) is 1. The largest absolute Gasteiger partial charge is 0.359 e. The van der Waals surface area contributed by atoms with Crippen molar-refractivity contribution < 1.29 is 0 Å². The van der Waals surface area contributed by atoms with Crippen LogP contribution in [0.2, 0.25) is 0 Å². The maximum Gasteiger partial charge on any atom is 0.285 e. The Balaban J connectivity index is 1.48. The first-order valence-corrected chi connectivity index (χ1v) is 10.2. The van der Waals surface area contributed by atoms with E-state index in [0.29, 0.717) is 16.4 Å². The van der Waals surface area contributed by atoms with E-state index in [0.717, 1.165) is 47.7 Å². The normalized spacial score (nSPS) is 16.2. The molecule has 0 saturated carbocycles. The predicted octanol–water partition coefficient (Wildman–Crippen LogP) is 2.23. The molecule has 1 saturated heterocycles. The van der Waals surface area contributed by atoms with Gasteiger partial charge in [0.15, 0.2) is 15.5 Å². The lowest BCUT2D eigenvalue weighted by Crippen LogP contribution is -2.36. The third-order valence-electron chi connectivity index (χ3n) is 5.25. The van der Waals surface area contributed by atoms with Crippen LogP contribution in [0.1, 0.15) is 12.8 Å². The number of hydrogen-bond acceptors (Lipinski definition) is 7. The van der Waals surface area contributed by atoms with Crippen LogP contribution in [0.25, 0.3) is 26.9 Å². The smallest absolute Gasteiger partial charge is 0.285 e. The average molecular weight is 395 g/mol. The molecular weight excluding hydrogens is 374 g/mol. The van der Waals surface area contributed by atoms with Gasteiger partial charge in [0.25, 0.3) is 5.56 Å². The van der Waals surface area contributed by atoms with Crippen LogP contribution in [0, 0.1) is 0 Å². The minimum absolute atomic E-state index is 0.152. The summed E-state index contributed by atoms with van der Waals surface area (Å²) in [6.45, 7) is 2.15. The van der Waals surface area contributed by atoms with Gasteiger partial charge in [-0.15, -0.1) is 0 Å². The Morgan fingerprint density at radius 2 is 2.04 bits per heavy atom. The van der Waals surface area contributed by atoms with Gasteiger partial charge in [-0.05, 0) is 51.2 Å². The number of aromatic nitrogens is 5. The van der Waals surface area contributed by atoms with E-state index in [4.69, 9.17) is 0 Å². The summed E-state index contributed by atoms with van der Waals surface area (Å²) >= 11 is 1.44. The highest BCUT2D eigenvalue weighted by molar-refractivity contribution is 7.21. The average Bonchev–Trinajstić information content (AvgIpc) is 3.26. The highest BCUT2D eigenvalue weighted by Gasteiger charge is 2.19. The molecule has 0 amide bonds. The maximum absolute atomic E-state index is 13.0. The van der Waals surface area contributed by atoms with Crippen LogP contribution in [0.3, 0.4) is 0 Å². The Kier molecular flexibility index (Phi) is 4.13. The molecule has 0 spiro atoms. The van der Waals surface area contributed by atoms with Crippen molar-refractivity contribution in [2.24, 2.45) is 7.05 Å². The van der Waals surface area contributed by atoms with Crippen LogP contribution in [0.4, 0.5) is 5.13 Å². The summed E-state index contributed by atoms with van der Waals surface area (Å²) in [5.74, 6) is 0. The summed E-state index contributed by atoms with van der Waals surface area (Å²) in [4.78, 5) is 25.1. The summed E-state index contributed by atoms with van der Waals surface area (Å²) in [5.41, 5.74) is 1.92. The molecule has 0 unspecified atom stereocenters. The maximum atomic E-state index is 13.0. The third-order valence-corrected chi connectivity index (χ3v) is 6.14. The Morgan fingerprint density at radius 3 is 2.86 bits per heavy atom. The number of anilines is 1. The minimum Gasteiger partial charge on any atom is -0.359 e. The molecule has 1 aliphatic heterocycles. The third kappa shape index (κ3) is 3.06. The highest BCUT2D eigenvalue weighted by Crippen LogP contribution is 2.25. The molecule has 0 atom stereocenters. The van der Waals surface area contributed by atoms with E-state index in [1.807, 2.05) is 31.4 Å². The van der Waals surface area contributed by atoms with Crippen molar-refractivity contribution in [1.29, 1.82) is 0 Å². The lowest BCUT2D eigenvalue weighted by Gasteiger charge is -2.29. The van der Waals surface area contributed by atoms with Gasteiger partial charge in [0.2, 0.25) is 0 Å². The van der Waals surface area contributed by atoms with Crippen LogP contribution >= 0.6 is 11.3 Å². The monoisotopic (exact) mass is 395 g/mol. The number of fused-ring (bicyclic) bond motifs is 2. The van der Waals surface area contributed by atoms with Gasteiger partial charge in [0.05, 0.1) is 11.2 Å². The van der Waals surface area contributed by atoms with Crippen LogP contribution < -0.4 is 10.9 Å². The van der Waals surface area contributed by atoms with Crippen molar-refractivity contribution in [2.45, 2.75) is 18.9 Å². The molecule has 0 bridgehead atoms. The van der Waals surface area contributed by atoms with E-state index < -0.39 is 0 Å². The highest BCUT2D eigenvalue weighted by atomic mass is 32.1. The molecule has 9 heteroatoms. The molecule has 1 aliphatic rings. The zero-order valence-corrected chi connectivity index (χ0v) is 16.6. The van der Waals surface area contributed by atoms with Crippen LogP contribution in [-0.4, -0.2) is 55.4 Å². The number of rotatable bonds is 3. The Morgan fingerprint density at radius 1 is 1.21 bits per heavy atom. The van der Waals surface area contributed by atoms with Gasteiger partial charge in [-0.1, -0.05) is 11.3 Å². The number of benzene rings is 1. The fraction of sp³-hybridized carbons (Fsp3) is 0.368. The van der Waals surface area contributed by atoms with E-state index in [1.54, 1.807) is 15.6 Å². The molecular formula is C19H21N7OS. The summed E-state index contributed by atoms with van der Waals surface area (Å²) in [6, 6.07) is 6.14. The zero-order valence-electron chi connectivity index (χ0n) is 15.8. The van der Waals surface area contributed by atoms with Gasteiger partial charge in [-0.2, -0.15) is 5.10 Å². The number of aryl methyl sites for hydroxylation is 1. The van der Waals surface area contributed by atoms with Crippen LogP contribution in [-0.2, 0) is 7.05 Å². The molecule has 28 heavy (non-hydrogen) atoms. The first-order chi connectivity index (χ1) is 13.6. The van der Waals surface area contributed by atoms with Crippen molar-refractivity contribution in [3.63, 3.8) is 0 Å². The SMILES string of the molecule is CN1CCC(Nc2nc3c(=O)n(-c4ccc5nn(C)cc5c4)cnc3s2)CC1. The first-order valence-electron chi connectivity index (χ1n) is 9.34. The van der Waals surface area contributed by atoms with Gasteiger partial charge >= 0.3 is 0 Å². The zero-order chi connectivity index (χ0) is 19.3. The van der Waals surface area contributed by atoms with Gasteiger partial charge in [-0.3, -0.25) is 14.0 Å². The molecule has 1 aromatic carbocycles. The number of thiazole rings is 1. The summed E-state index contributed by atoms with van der Waals surface area (Å²) in [7, 11) is 4.02. The van der Waals surface area contributed by atoms with Crippen molar-refractivity contribution in [2.75, 3.05) is 25.5 Å². The summed E-state index contributed by atoms with van der Waals surface area (Å²) < 4.78 is 3.31. The lowest BCUT2D eigenvalue weighted by atomic mass is 10.1. The van der Waals surface area contributed by atoms with Gasteiger partial charge in [0, 0.05) is 24.7 Å². The Labute approximate surface area is 165 Å². The standard InChI is InChI=1S/C19H21N7OS/c1-24-7-5-13(6-8-24)21-19-22-16-17(28-19)20-11-26(18(16)27)14-3-4-15-12(9-14)10-25(2)23-15/h3-4,9-11,13H,5-8H2,1-2H3,(H,21,22). The predicted molar refractivity (Wildman–Crippen MR) is 111 cm³/mol. The van der Waals surface area contributed by atoms with E-state index in [-0.39, 0.29) is 5.56 Å². The fourth-order valence-electron chi connectivity index (χ4n) is 3.68. The van der Waals surface area contributed by atoms with Crippen molar-refractivity contribution in [3.8, 4) is 5.69 Å². The molecule has 5 rings (SSSR count). The van der Waals surface area contributed by atoms with E-state index in [1.165, 1.54) is 11.3 Å². The quantitative estimate of drug-likeness (QED) is 0.573. The van der Waals surface area contributed by atoms with Crippen molar-refractivity contribution in [1.82, 2.24) is 29.2 Å². The summed E-state index contributed by atoms with van der Waals surface area (Å²) in [6.07, 6.45) is 5.67. The second-order valence-corrected chi connectivity index (χ2v) is 8.34. The second-order valence-electron chi connectivity index (χ2n) is 7.36. The van der Waals surface area contributed by atoms with E-state index >= 15 is 0 Å². The molecule has 1 N–H and O–H groups in total. The number of nitrogens with zero attached hydrogens (tertiary/aromatic N) is 6. The van der Waals surface area contributed by atoms with Gasteiger partial charge < -0.3 is 10.2 Å². The molecule has 4 aromatic rings. The second kappa shape index (κ2) is 6.68. The Bertz CT molecular complexity index is 1220. The van der Waals surface area contributed by atoms with Gasteiger partial charge in [-0.25, -0.2) is 9.97 Å². The van der Waals surface area contributed by atoms with E-state index in [9.17, 15) is 4.79 Å². The topological polar surface area (TPSA) is 80.9 Å². The molecule has 1 fully saturated rings. The van der Waals surface area contributed by atoms with Crippen LogP contribution in [0.5, 0.6) is 0 Å². The molecule has 0 aliphatic carbocycles. The Hall–Kier alpha value is -2.78. The summed E-state index contributed by atoms with van der Waals surface area (Å²) in [5, 5.41) is 9.62. The van der Waals surface area contributed by atoms with E-state index in [2.05, 4.69) is 32.3 Å². The lowest BCUT2D eigenvalue weighted by molar-refractivity contribution is 0.264. The molecule has 0 radical (unpaired) electrons. The van der Waals surface area contributed by atoms with Crippen LogP contribution in [0.15, 0.2) is 35.5 Å². The fourth-order valence-corrected chi connectivity index (χ4v) is 4.55. The van der Waals surface area contributed by atoms with Crippen molar-refractivity contribution >= 4 is 37.7 Å². The first kappa shape index (κ1) is 17.3. The van der Waals surface area contributed by atoms with Crippen molar-refractivity contribution in [3.05, 3.63) is 41.1 Å². The van der Waals surface area contributed by atoms with Gasteiger partial charge in [0.1, 0.15) is 6.33 Å². The molecule has 8 nitrogen and oxygen atoms in total. The minimum atomic E-state index is -0.152. The molecule has 144 valence electrons. The number of nitrogens with one attached hydrogen (secondary N) is 1. The molecule has 3 aromatic heterocycles. The number of hydrogen-bond donors (Lipinski definition) is 1. The molecule has 4 heterocycles.